The number of hydrogen-bond acceptors (Lipinski definition) is 5. The number of nitrogens with zero attached hydrogens (tertiary/aromatic N) is 3. The van der Waals surface area contributed by atoms with Gasteiger partial charge in [0.25, 0.3) is 5.91 Å². The number of imidazole rings is 1. The Kier molecular flexibility index (Phi) is 7.74. The van der Waals surface area contributed by atoms with Gasteiger partial charge in [-0.15, -0.1) is 0 Å². The van der Waals surface area contributed by atoms with Crippen LogP contribution in [0.25, 0.3) is 11.0 Å². The van der Waals surface area contributed by atoms with Gasteiger partial charge in [-0.2, -0.15) is 13.2 Å². The smallest absolute Gasteiger partial charge is 0.348 e. The minimum atomic E-state index is -4.17. The summed E-state index contributed by atoms with van der Waals surface area (Å²) >= 11 is 0. The summed E-state index contributed by atoms with van der Waals surface area (Å²) < 4.78 is 64.5. The molecule has 0 unspecified atom stereocenters. The van der Waals surface area contributed by atoms with Crippen molar-refractivity contribution in [1.29, 1.82) is 0 Å². The van der Waals surface area contributed by atoms with E-state index in [2.05, 4.69) is 9.88 Å². The first kappa shape index (κ1) is 27.6. The highest BCUT2D eigenvalue weighted by atomic mass is 32.2. The summed E-state index contributed by atoms with van der Waals surface area (Å²) in [5, 5.41) is 2.89. The molecular formula is C28H33F3N4O3S. The Morgan fingerprint density at radius 1 is 1.05 bits per heavy atom. The molecule has 7 nitrogen and oxygen atoms in total. The van der Waals surface area contributed by atoms with Crippen LogP contribution in [0.3, 0.4) is 0 Å². The summed E-state index contributed by atoms with van der Waals surface area (Å²) in [5.41, 5.74) is 3.00. The van der Waals surface area contributed by atoms with Gasteiger partial charge in [-0.3, -0.25) is 9.69 Å². The van der Waals surface area contributed by atoms with Crippen molar-refractivity contribution in [3.05, 3.63) is 59.4 Å². The Hall–Kier alpha value is -2.92. The normalized spacial score (nSPS) is 17.5. The molecule has 11 heteroatoms. The number of nitrogens with one attached hydrogen (secondary N) is 1. The maximum Gasteiger partial charge on any atom is 0.401 e. The fourth-order valence-corrected chi connectivity index (χ4v) is 6.18. The van der Waals surface area contributed by atoms with E-state index in [4.69, 9.17) is 4.98 Å². The van der Waals surface area contributed by atoms with Crippen LogP contribution in [0.1, 0.15) is 60.4 Å². The minimum absolute atomic E-state index is 0.0327. The minimum Gasteiger partial charge on any atom is -0.348 e. The van der Waals surface area contributed by atoms with Gasteiger partial charge >= 0.3 is 6.18 Å². The van der Waals surface area contributed by atoms with Crippen LogP contribution in [0.5, 0.6) is 0 Å². The number of benzene rings is 2. The highest BCUT2D eigenvalue weighted by molar-refractivity contribution is 7.91. The summed E-state index contributed by atoms with van der Waals surface area (Å²) in [6, 6.07) is 12.4. The molecule has 3 aromatic rings. The molecule has 1 aromatic heterocycles. The molecule has 0 bridgehead atoms. The third-order valence-electron chi connectivity index (χ3n) is 7.63. The number of aromatic nitrogens is 2. The fraction of sp³-hybridized carbons (Fsp3) is 0.500. The molecule has 1 aliphatic carbocycles. The van der Waals surface area contributed by atoms with Gasteiger partial charge in [0.05, 0.1) is 28.2 Å². The third-order valence-corrected chi connectivity index (χ3v) is 9.38. The highest BCUT2D eigenvalue weighted by Crippen LogP contribution is 2.40. The number of fused-ring (bicyclic) bond motifs is 1. The van der Waals surface area contributed by atoms with E-state index in [9.17, 15) is 26.4 Å². The molecule has 2 fully saturated rings. The number of carbonyl (C=O) groups is 1. The number of piperidine rings is 1. The predicted octanol–water partition coefficient (Wildman–Crippen LogP) is 4.91. The van der Waals surface area contributed by atoms with Crippen molar-refractivity contribution in [2.45, 2.75) is 62.7 Å². The molecule has 2 aliphatic rings. The lowest BCUT2D eigenvalue weighted by molar-refractivity contribution is -0.148. The molecule has 0 atom stereocenters. The van der Waals surface area contributed by atoms with Crippen LogP contribution >= 0.6 is 0 Å². The quantitative estimate of drug-likeness (QED) is 0.401. The predicted molar refractivity (Wildman–Crippen MR) is 142 cm³/mol. The first-order valence-electron chi connectivity index (χ1n) is 13.4. The van der Waals surface area contributed by atoms with E-state index in [0.29, 0.717) is 37.5 Å². The second-order valence-corrected chi connectivity index (χ2v) is 12.9. The number of alkyl halides is 3. The van der Waals surface area contributed by atoms with E-state index in [-0.39, 0.29) is 29.0 Å². The van der Waals surface area contributed by atoms with E-state index in [1.54, 1.807) is 43.3 Å². The van der Waals surface area contributed by atoms with E-state index in [1.165, 1.54) is 4.90 Å². The van der Waals surface area contributed by atoms with Crippen LogP contribution in [-0.2, 0) is 22.8 Å². The molecule has 1 amide bonds. The van der Waals surface area contributed by atoms with E-state index in [0.717, 1.165) is 41.7 Å². The SMILES string of the molecule is CCS(=O)(=O)c1ccc(CNC(=O)c2ccc3c(c2)nc(CC2CCN(CC(F)(F)F)CC2)n3C2CC2)cc1. The average Bonchev–Trinajstić information content (AvgIpc) is 3.68. The number of sulfone groups is 1. The Morgan fingerprint density at radius 2 is 1.74 bits per heavy atom. The molecule has 0 radical (unpaired) electrons. The summed E-state index contributed by atoms with van der Waals surface area (Å²) in [7, 11) is -3.27. The Bertz CT molecular complexity index is 1440. The first-order chi connectivity index (χ1) is 18.5. The van der Waals surface area contributed by atoms with Gasteiger partial charge in [-0.1, -0.05) is 19.1 Å². The van der Waals surface area contributed by atoms with Crippen molar-refractivity contribution >= 4 is 26.8 Å². The zero-order valence-electron chi connectivity index (χ0n) is 21.9. The molecule has 2 heterocycles. The molecule has 5 rings (SSSR count). The van der Waals surface area contributed by atoms with Crippen LogP contribution in [0.4, 0.5) is 13.2 Å². The number of likely N-dealkylation sites (tertiary alicyclic amines) is 1. The molecule has 210 valence electrons. The standard InChI is InChI=1S/C28H33F3N4O3S/c1-2-39(37,38)23-8-3-20(4-9-23)17-32-27(36)21-5-10-25-24(16-21)33-26(35(25)22-6-7-22)15-19-11-13-34(14-12-19)18-28(29,30)31/h3-5,8-10,16,19,22H,2,6-7,11-15,17-18H2,1H3,(H,32,36). The number of hydrogen-bond donors (Lipinski definition) is 1. The van der Waals surface area contributed by atoms with Gasteiger partial charge in [0.2, 0.25) is 0 Å². The Morgan fingerprint density at radius 3 is 2.36 bits per heavy atom. The first-order valence-corrected chi connectivity index (χ1v) is 15.1. The van der Waals surface area contributed by atoms with Crippen molar-refractivity contribution < 1.29 is 26.4 Å². The van der Waals surface area contributed by atoms with Crippen LogP contribution in [0.2, 0.25) is 0 Å². The van der Waals surface area contributed by atoms with E-state index >= 15 is 0 Å². The summed E-state index contributed by atoms with van der Waals surface area (Å²) in [5.74, 6) is 1.01. The third kappa shape index (κ3) is 6.63. The molecule has 1 aliphatic heterocycles. The number of rotatable bonds is 9. The van der Waals surface area contributed by atoms with Gasteiger partial charge in [-0.25, -0.2) is 13.4 Å². The zero-order chi connectivity index (χ0) is 27.8. The van der Waals surface area contributed by atoms with E-state index < -0.39 is 22.6 Å². The number of amides is 1. The zero-order valence-corrected chi connectivity index (χ0v) is 22.7. The molecule has 1 saturated carbocycles. The topological polar surface area (TPSA) is 84.3 Å². The Balaban J connectivity index is 1.25. The maximum atomic E-state index is 12.9. The highest BCUT2D eigenvalue weighted by Gasteiger charge is 2.34. The monoisotopic (exact) mass is 562 g/mol. The molecular weight excluding hydrogens is 529 g/mol. The molecule has 39 heavy (non-hydrogen) atoms. The van der Waals surface area contributed by atoms with Crippen molar-refractivity contribution in [2.24, 2.45) is 5.92 Å². The molecule has 1 N–H and O–H groups in total. The van der Waals surface area contributed by atoms with Gasteiger partial charge < -0.3 is 9.88 Å². The van der Waals surface area contributed by atoms with Crippen molar-refractivity contribution in [2.75, 3.05) is 25.4 Å². The molecule has 2 aromatic carbocycles. The lowest BCUT2D eigenvalue weighted by Gasteiger charge is -2.32. The second-order valence-electron chi connectivity index (χ2n) is 10.6. The maximum absolute atomic E-state index is 12.9. The summed E-state index contributed by atoms with van der Waals surface area (Å²) in [6.45, 7) is 1.89. The summed E-state index contributed by atoms with van der Waals surface area (Å²) in [4.78, 5) is 19.5. The van der Waals surface area contributed by atoms with Crippen molar-refractivity contribution in [3.8, 4) is 0 Å². The number of halogens is 3. The molecule has 1 saturated heterocycles. The lowest BCUT2D eigenvalue weighted by Crippen LogP contribution is -2.40. The van der Waals surface area contributed by atoms with Crippen LogP contribution in [0.15, 0.2) is 47.4 Å². The van der Waals surface area contributed by atoms with Gasteiger partial charge in [0.15, 0.2) is 9.84 Å². The van der Waals surface area contributed by atoms with Crippen LogP contribution in [-0.4, -0.2) is 60.3 Å². The van der Waals surface area contributed by atoms with Gasteiger partial charge in [-0.05, 0) is 80.6 Å². The van der Waals surface area contributed by atoms with Crippen molar-refractivity contribution in [1.82, 2.24) is 19.8 Å². The number of carbonyl (C=O) groups excluding carboxylic acids is 1. The van der Waals surface area contributed by atoms with Crippen LogP contribution < -0.4 is 5.32 Å². The van der Waals surface area contributed by atoms with Crippen LogP contribution in [0, 0.1) is 5.92 Å². The van der Waals surface area contributed by atoms with E-state index in [1.807, 2.05) is 6.07 Å². The second kappa shape index (κ2) is 10.9. The lowest BCUT2D eigenvalue weighted by atomic mass is 9.93. The van der Waals surface area contributed by atoms with Crippen molar-refractivity contribution in [3.63, 3.8) is 0 Å². The Labute approximate surface area is 226 Å². The van der Waals surface area contributed by atoms with Gasteiger partial charge in [0.1, 0.15) is 5.82 Å². The largest absolute Gasteiger partial charge is 0.401 e. The molecule has 0 spiro atoms. The fourth-order valence-electron chi connectivity index (χ4n) is 5.30. The van der Waals surface area contributed by atoms with Gasteiger partial charge in [0, 0.05) is 24.6 Å². The summed E-state index contributed by atoms with van der Waals surface area (Å²) in [6.07, 6.45) is 0.119. The average molecular weight is 563 g/mol.